The Morgan fingerprint density at radius 2 is 1.70 bits per heavy atom. The number of hydrogen-bond donors (Lipinski definition) is 1. The zero-order valence-corrected chi connectivity index (χ0v) is 23.3. The summed E-state index contributed by atoms with van der Waals surface area (Å²) in [5.74, 6) is 1.04. The van der Waals surface area contributed by atoms with Crippen LogP contribution in [0.1, 0.15) is 57.9 Å². The number of ketones is 1. The number of carbonyl (C=O) groups excluding carboxylic acids is 2. The van der Waals surface area contributed by atoms with Crippen LogP contribution < -0.4 is 15.9 Å². The average molecular weight is 541 g/mol. The van der Waals surface area contributed by atoms with Gasteiger partial charge in [0.05, 0.1) is 12.5 Å². The van der Waals surface area contributed by atoms with Gasteiger partial charge in [0.2, 0.25) is 0 Å². The molecule has 0 fully saturated rings. The molecule has 1 amide bonds. The van der Waals surface area contributed by atoms with Crippen LogP contribution in [-0.2, 0) is 12.8 Å². The fourth-order valence-electron chi connectivity index (χ4n) is 4.87. The van der Waals surface area contributed by atoms with Gasteiger partial charge in [-0.1, -0.05) is 49.4 Å². The number of amides is 1. The molecule has 40 heavy (non-hydrogen) atoms. The molecule has 3 aromatic carbocycles. The SMILES string of the molecule is COc1ccc2c(=O)c(Cc3ccccc3)c(CC(C)CN(CCCN)C(=O)c3ccc(C(C)=O)cc3)oc2c1. The number of ether oxygens (including phenoxy) is 1. The van der Waals surface area contributed by atoms with E-state index in [0.717, 1.165) is 5.56 Å². The first-order chi connectivity index (χ1) is 19.3. The molecule has 4 rings (SSSR count). The minimum absolute atomic E-state index is 0.0149. The molecule has 1 heterocycles. The molecule has 1 atom stereocenters. The van der Waals surface area contributed by atoms with E-state index in [-0.39, 0.29) is 23.0 Å². The van der Waals surface area contributed by atoms with Crippen molar-refractivity contribution < 1.29 is 18.7 Å². The first-order valence-electron chi connectivity index (χ1n) is 13.6. The minimum Gasteiger partial charge on any atom is -0.497 e. The Bertz CT molecular complexity index is 1530. The highest BCUT2D eigenvalue weighted by atomic mass is 16.5. The van der Waals surface area contributed by atoms with Crippen LogP contribution >= 0.6 is 0 Å². The van der Waals surface area contributed by atoms with Gasteiger partial charge in [-0.2, -0.15) is 0 Å². The summed E-state index contributed by atoms with van der Waals surface area (Å²) in [7, 11) is 1.58. The topological polar surface area (TPSA) is 103 Å². The first kappa shape index (κ1) is 28.8. The van der Waals surface area contributed by atoms with Crippen molar-refractivity contribution in [3.8, 4) is 5.75 Å². The summed E-state index contributed by atoms with van der Waals surface area (Å²) in [4.78, 5) is 40.6. The van der Waals surface area contributed by atoms with Crippen LogP contribution in [0.2, 0.25) is 0 Å². The van der Waals surface area contributed by atoms with E-state index in [0.29, 0.717) is 78.1 Å². The number of Topliss-reactive ketones (excluding diaryl/α,β-unsaturated/α-hetero) is 1. The van der Waals surface area contributed by atoms with Crippen molar-refractivity contribution in [2.24, 2.45) is 11.7 Å². The third-order valence-corrected chi connectivity index (χ3v) is 7.02. The predicted octanol–water partition coefficient (Wildman–Crippen LogP) is 5.26. The predicted molar refractivity (Wildman–Crippen MR) is 157 cm³/mol. The Morgan fingerprint density at radius 3 is 2.35 bits per heavy atom. The molecule has 0 saturated carbocycles. The molecule has 0 aliphatic rings. The maximum atomic E-state index is 13.7. The first-order valence-corrected chi connectivity index (χ1v) is 13.6. The second-order valence-electron chi connectivity index (χ2n) is 10.2. The van der Waals surface area contributed by atoms with Crippen molar-refractivity contribution in [3.05, 3.63) is 111 Å². The van der Waals surface area contributed by atoms with Crippen LogP contribution in [0.15, 0.2) is 82.0 Å². The number of benzene rings is 3. The van der Waals surface area contributed by atoms with E-state index in [9.17, 15) is 14.4 Å². The zero-order chi connectivity index (χ0) is 28.6. The standard InChI is InChI=1S/C33H36N2O5/c1-22(21-35(17-7-16-34)33(38)26-12-10-25(11-13-26)23(2)36)18-30-29(19-24-8-5-4-6-9-24)32(37)28-15-14-27(39-3)20-31(28)40-30/h4-6,8-15,20,22H,7,16-19,21,34H2,1-3H3. The molecule has 0 aliphatic heterocycles. The van der Waals surface area contributed by atoms with Gasteiger partial charge < -0.3 is 19.8 Å². The second kappa shape index (κ2) is 13.2. The van der Waals surface area contributed by atoms with Gasteiger partial charge in [-0.05, 0) is 55.6 Å². The van der Waals surface area contributed by atoms with E-state index < -0.39 is 0 Å². The molecule has 4 aromatic rings. The van der Waals surface area contributed by atoms with E-state index >= 15 is 0 Å². The molecule has 0 saturated heterocycles. The Hall–Kier alpha value is -4.23. The van der Waals surface area contributed by atoms with Crippen molar-refractivity contribution in [2.45, 2.75) is 33.1 Å². The third-order valence-electron chi connectivity index (χ3n) is 7.02. The number of methoxy groups -OCH3 is 1. The molecular formula is C33H36N2O5. The maximum absolute atomic E-state index is 13.7. The summed E-state index contributed by atoms with van der Waals surface area (Å²) in [5, 5.41) is 0.511. The highest BCUT2D eigenvalue weighted by Crippen LogP contribution is 2.25. The van der Waals surface area contributed by atoms with E-state index in [2.05, 4.69) is 0 Å². The molecule has 2 N–H and O–H groups in total. The van der Waals surface area contributed by atoms with Gasteiger partial charge in [0, 0.05) is 48.7 Å². The molecule has 7 nitrogen and oxygen atoms in total. The number of rotatable bonds is 12. The fraction of sp³-hybridized carbons (Fsp3) is 0.303. The Balaban J connectivity index is 1.64. The molecule has 1 unspecified atom stereocenters. The Kier molecular flexibility index (Phi) is 9.51. The smallest absolute Gasteiger partial charge is 0.253 e. The van der Waals surface area contributed by atoms with Crippen molar-refractivity contribution in [2.75, 3.05) is 26.7 Å². The maximum Gasteiger partial charge on any atom is 0.253 e. The highest BCUT2D eigenvalue weighted by Gasteiger charge is 2.22. The highest BCUT2D eigenvalue weighted by molar-refractivity contribution is 5.97. The van der Waals surface area contributed by atoms with Crippen molar-refractivity contribution >= 4 is 22.7 Å². The summed E-state index contributed by atoms with van der Waals surface area (Å²) >= 11 is 0. The number of hydrogen-bond acceptors (Lipinski definition) is 6. The molecule has 208 valence electrons. The molecule has 7 heteroatoms. The monoisotopic (exact) mass is 540 g/mol. The average Bonchev–Trinajstić information content (AvgIpc) is 2.97. The Morgan fingerprint density at radius 1 is 1.00 bits per heavy atom. The van der Waals surface area contributed by atoms with Gasteiger partial charge >= 0.3 is 0 Å². The number of nitrogens with two attached hydrogens (primary N) is 1. The lowest BCUT2D eigenvalue weighted by Gasteiger charge is -2.26. The second-order valence-corrected chi connectivity index (χ2v) is 10.2. The number of fused-ring (bicyclic) bond motifs is 1. The van der Waals surface area contributed by atoms with Crippen LogP contribution in [0.4, 0.5) is 0 Å². The van der Waals surface area contributed by atoms with E-state index in [1.54, 1.807) is 54.5 Å². The zero-order valence-electron chi connectivity index (χ0n) is 23.3. The van der Waals surface area contributed by atoms with E-state index in [4.69, 9.17) is 14.9 Å². The summed E-state index contributed by atoms with van der Waals surface area (Å²) in [5.41, 5.74) is 8.91. The van der Waals surface area contributed by atoms with Crippen LogP contribution in [0, 0.1) is 5.92 Å². The third kappa shape index (κ3) is 6.85. The van der Waals surface area contributed by atoms with Crippen molar-refractivity contribution in [1.82, 2.24) is 4.90 Å². The van der Waals surface area contributed by atoms with Crippen LogP contribution in [0.25, 0.3) is 11.0 Å². The van der Waals surface area contributed by atoms with Gasteiger partial charge in [0.15, 0.2) is 11.2 Å². The molecule has 0 aliphatic carbocycles. The summed E-state index contributed by atoms with van der Waals surface area (Å²) in [6, 6.07) is 21.8. The summed E-state index contributed by atoms with van der Waals surface area (Å²) < 4.78 is 11.7. The molecular weight excluding hydrogens is 504 g/mol. The Labute approximate surface area is 234 Å². The van der Waals surface area contributed by atoms with Crippen molar-refractivity contribution in [3.63, 3.8) is 0 Å². The minimum atomic E-state index is -0.121. The number of nitrogens with zero attached hydrogens (tertiary/aromatic N) is 1. The van der Waals surface area contributed by atoms with Gasteiger partial charge in [0.25, 0.3) is 5.91 Å². The van der Waals surface area contributed by atoms with Gasteiger partial charge in [-0.25, -0.2) is 0 Å². The van der Waals surface area contributed by atoms with Crippen molar-refractivity contribution in [1.29, 1.82) is 0 Å². The van der Waals surface area contributed by atoms with E-state index in [1.807, 2.05) is 37.3 Å². The van der Waals surface area contributed by atoms with Crippen LogP contribution in [-0.4, -0.2) is 43.3 Å². The molecule has 0 spiro atoms. The molecule has 1 aromatic heterocycles. The van der Waals surface area contributed by atoms with Gasteiger partial charge in [0.1, 0.15) is 17.1 Å². The van der Waals surface area contributed by atoms with Gasteiger partial charge in [-0.3, -0.25) is 14.4 Å². The lowest BCUT2D eigenvalue weighted by Crippen LogP contribution is -2.37. The quantitative estimate of drug-likeness (QED) is 0.246. The summed E-state index contributed by atoms with van der Waals surface area (Å²) in [6.45, 7) is 4.97. The van der Waals surface area contributed by atoms with Gasteiger partial charge in [-0.15, -0.1) is 0 Å². The van der Waals surface area contributed by atoms with Crippen LogP contribution in [0.5, 0.6) is 5.75 Å². The normalized spacial score (nSPS) is 11.8. The fourth-order valence-corrected chi connectivity index (χ4v) is 4.87. The lowest BCUT2D eigenvalue weighted by molar-refractivity contribution is 0.0729. The molecule has 0 bridgehead atoms. The number of carbonyl (C=O) groups is 2. The van der Waals surface area contributed by atoms with E-state index in [1.165, 1.54) is 6.92 Å². The summed E-state index contributed by atoms with van der Waals surface area (Å²) in [6.07, 6.45) is 1.58. The lowest BCUT2D eigenvalue weighted by atomic mass is 9.96. The largest absolute Gasteiger partial charge is 0.497 e. The molecule has 0 radical (unpaired) electrons. The van der Waals surface area contributed by atoms with Crippen LogP contribution in [0.3, 0.4) is 0 Å².